The van der Waals surface area contributed by atoms with E-state index < -0.39 is 0 Å². The fraction of sp³-hybridized carbons (Fsp3) is 0.500. The fourth-order valence-corrected chi connectivity index (χ4v) is 1.95. The first-order chi connectivity index (χ1) is 8.38. The second kappa shape index (κ2) is 6.40. The van der Waals surface area contributed by atoms with E-state index in [1.54, 1.807) is 6.07 Å². The van der Waals surface area contributed by atoms with Gasteiger partial charge in [0.2, 0.25) is 5.91 Å². The molecule has 100 valence electrons. The van der Waals surface area contributed by atoms with Crippen LogP contribution in [-0.4, -0.2) is 30.9 Å². The molecular weight excluding hydrogens is 226 g/mol. The standard InChI is InChI=1S/C14H23N3O/c1-10(2)8-17(4)9-14(18)16-13-6-5-12(15)7-11(13)3/h5-7,10H,8-9,15H2,1-4H3,(H,16,18). The molecule has 0 bridgehead atoms. The third-order valence-corrected chi connectivity index (χ3v) is 2.61. The largest absolute Gasteiger partial charge is 0.399 e. The molecule has 0 aliphatic heterocycles. The van der Waals surface area contributed by atoms with Gasteiger partial charge < -0.3 is 11.1 Å². The Morgan fingerprint density at radius 2 is 2.11 bits per heavy atom. The average molecular weight is 249 g/mol. The molecule has 4 heteroatoms. The summed E-state index contributed by atoms with van der Waals surface area (Å²) >= 11 is 0. The first-order valence-electron chi connectivity index (χ1n) is 6.23. The molecule has 0 saturated heterocycles. The molecule has 0 saturated carbocycles. The fourth-order valence-electron chi connectivity index (χ4n) is 1.95. The van der Waals surface area contributed by atoms with Crippen molar-refractivity contribution in [3.63, 3.8) is 0 Å². The minimum absolute atomic E-state index is 0.00558. The van der Waals surface area contributed by atoms with Gasteiger partial charge >= 0.3 is 0 Å². The Balaban J connectivity index is 2.54. The highest BCUT2D eigenvalue weighted by atomic mass is 16.2. The summed E-state index contributed by atoms with van der Waals surface area (Å²) in [6.07, 6.45) is 0. The number of anilines is 2. The van der Waals surface area contributed by atoms with Gasteiger partial charge in [-0.15, -0.1) is 0 Å². The molecule has 0 aromatic heterocycles. The molecule has 0 unspecified atom stereocenters. The van der Waals surface area contributed by atoms with Crippen LogP contribution in [0.2, 0.25) is 0 Å². The van der Waals surface area contributed by atoms with Crippen LogP contribution in [0.4, 0.5) is 11.4 Å². The number of nitrogen functional groups attached to an aromatic ring is 1. The van der Waals surface area contributed by atoms with E-state index in [-0.39, 0.29) is 5.91 Å². The average Bonchev–Trinajstić information content (AvgIpc) is 2.20. The molecular formula is C14H23N3O. The van der Waals surface area contributed by atoms with Crippen LogP contribution in [0.5, 0.6) is 0 Å². The molecule has 0 radical (unpaired) electrons. The lowest BCUT2D eigenvalue weighted by atomic mass is 10.2. The second-order valence-corrected chi connectivity index (χ2v) is 5.21. The van der Waals surface area contributed by atoms with Crippen LogP contribution in [0.1, 0.15) is 19.4 Å². The van der Waals surface area contributed by atoms with Crippen molar-refractivity contribution < 1.29 is 4.79 Å². The number of aryl methyl sites for hydroxylation is 1. The van der Waals surface area contributed by atoms with Crippen molar-refractivity contribution >= 4 is 17.3 Å². The Hall–Kier alpha value is -1.55. The van der Waals surface area contributed by atoms with Crippen molar-refractivity contribution in [1.29, 1.82) is 0 Å². The number of nitrogens with two attached hydrogens (primary N) is 1. The smallest absolute Gasteiger partial charge is 0.238 e. The van der Waals surface area contributed by atoms with Crippen LogP contribution in [0.25, 0.3) is 0 Å². The maximum absolute atomic E-state index is 11.9. The van der Waals surface area contributed by atoms with Crippen LogP contribution in [0.15, 0.2) is 18.2 Å². The van der Waals surface area contributed by atoms with Gasteiger partial charge in [-0.1, -0.05) is 13.8 Å². The number of carbonyl (C=O) groups excluding carboxylic acids is 1. The van der Waals surface area contributed by atoms with Crippen molar-refractivity contribution in [3.8, 4) is 0 Å². The van der Waals surface area contributed by atoms with Crippen LogP contribution in [-0.2, 0) is 4.79 Å². The highest BCUT2D eigenvalue weighted by Gasteiger charge is 2.09. The van der Waals surface area contributed by atoms with Gasteiger partial charge in [0.05, 0.1) is 6.54 Å². The molecule has 18 heavy (non-hydrogen) atoms. The highest BCUT2D eigenvalue weighted by Crippen LogP contribution is 2.17. The quantitative estimate of drug-likeness (QED) is 0.786. The number of amides is 1. The molecule has 1 rings (SSSR count). The van der Waals surface area contributed by atoms with Gasteiger partial charge in [-0.05, 0) is 43.7 Å². The summed E-state index contributed by atoms with van der Waals surface area (Å²) < 4.78 is 0. The minimum atomic E-state index is 0.00558. The van der Waals surface area contributed by atoms with E-state index in [0.717, 1.165) is 17.8 Å². The molecule has 3 N–H and O–H groups in total. The number of hydrogen-bond acceptors (Lipinski definition) is 3. The van der Waals surface area contributed by atoms with Crippen LogP contribution in [0.3, 0.4) is 0 Å². The number of benzene rings is 1. The van der Waals surface area contributed by atoms with Crippen molar-refractivity contribution in [2.24, 2.45) is 5.92 Å². The van der Waals surface area contributed by atoms with E-state index >= 15 is 0 Å². The Bertz CT molecular complexity index is 416. The summed E-state index contributed by atoms with van der Waals surface area (Å²) in [5.74, 6) is 0.562. The lowest BCUT2D eigenvalue weighted by Gasteiger charge is -2.18. The first kappa shape index (κ1) is 14.5. The number of likely N-dealkylation sites (N-methyl/N-ethyl adjacent to an activating group) is 1. The molecule has 0 aliphatic carbocycles. The van der Waals surface area contributed by atoms with Gasteiger partial charge in [-0.3, -0.25) is 9.69 Å². The van der Waals surface area contributed by atoms with Gasteiger partial charge in [0.15, 0.2) is 0 Å². The first-order valence-corrected chi connectivity index (χ1v) is 6.23. The molecule has 1 aromatic rings. The predicted octanol–water partition coefficient (Wildman–Crippen LogP) is 2.10. The highest BCUT2D eigenvalue weighted by molar-refractivity contribution is 5.93. The number of hydrogen-bond donors (Lipinski definition) is 2. The van der Waals surface area contributed by atoms with E-state index in [1.807, 2.05) is 31.0 Å². The number of nitrogens with one attached hydrogen (secondary N) is 1. The molecule has 0 spiro atoms. The van der Waals surface area contributed by atoms with E-state index in [4.69, 9.17) is 5.73 Å². The lowest BCUT2D eigenvalue weighted by Crippen LogP contribution is -2.32. The molecule has 1 aromatic carbocycles. The van der Waals surface area contributed by atoms with E-state index in [2.05, 4.69) is 19.2 Å². The molecule has 4 nitrogen and oxygen atoms in total. The number of carbonyl (C=O) groups is 1. The summed E-state index contributed by atoms with van der Waals surface area (Å²) in [5, 5.41) is 2.91. The third-order valence-electron chi connectivity index (χ3n) is 2.61. The SMILES string of the molecule is Cc1cc(N)ccc1NC(=O)CN(C)CC(C)C. The van der Waals surface area contributed by atoms with E-state index in [0.29, 0.717) is 18.2 Å². The van der Waals surface area contributed by atoms with Crippen molar-refractivity contribution in [2.45, 2.75) is 20.8 Å². The Kier molecular flexibility index (Phi) is 5.16. The second-order valence-electron chi connectivity index (χ2n) is 5.21. The van der Waals surface area contributed by atoms with Crippen molar-refractivity contribution in [1.82, 2.24) is 4.90 Å². The van der Waals surface area contributed by atoms with E-state index in [1.165, 1.54) is 0 Å². The molecule has 0 fully saturated rings. The Morgan fingerprint density at radius 3 is 2.67 bits per heavy atom. The normalized spacial score (nSPS) is 11.0. The van der Waals surface area contributed by atoms with Crippen molar-refractivity contribution in [3.05, 3.63) is 23.8 Å². The van der Waals surface area contributed by atoms with Gasteiger partial charge in [-0.2, -0.15) is 0 Å². The zero-order valence-corrected chi connectivity index (χ0v) is 11.7. The van der Waals surface area contributed by atoms with Crippen LogP contribution >= 0.6 is 0 Å². The summed E-state index contributed by atoms with van der Waals surface area (Å²) in [5.41, 5.74) is 8.19. The summed E-state index contributed by atoms with van der Waals surface area (Å²) in [7, 11) is 1.95. The summed E-state index contributed by atoms with van der Waals surface area (Å²) in [4.78, 5) is 13.9. The lowest BCUT2D eigenvalue weighted by molar-refractivity contribution is -0.117. The minimum Gasteiger partial charge on any atom is -0.399 e. The van der Waals surface area contributed by atoms with Gasteiger partial charge in [0.1, 0.15) is 0 Å². The van der Waals surface area contributed by atoms with Gasteiger partial charge in [0, 0.05) is 17.9 Å². The molecule has 0 atom stereocenters. The zero-order chi connectivity index (χ0) is 13.7. The Morgan fingerprint density at radius 1 is 1.44 bits per heavy atom. The zero-order valence-electron chi connectivity index (χ0n) is 11.7. The van der Waals surface area contributed by atoms with Crippen LogP contribution < -0.4 is 11.1 Å². The maximum atomic E-state index is 11.9. The van der Waals surface area contributed by atoms with Crippen LogP contribution in [0, 0.1) is 12.8 Å². The number of nitrogens with zero attached hydrogens (tertiary/aromatic N) is 1. The number of rotatable bonds is 5. The van der Waals surface area contributed by atoms with Gasteiger partial charge in [-0.25, -0.2) is 0 Å². The monoisotopic (exact) mass is 249 g/mol. The van der Waals surface area contributed by atoms with Gasteiger partial charge in [0.25, 0.3) is 0 Å². The van der Waals surface area contributed by atoms with Crippen molar-refractivity contribution in [2.75, 3.05) is 31.2 Å². The summed E-state index contributed by atoms with van der Waals surface area (Å²) in [6, 6.07) is 5.49. The third kappa shape index (κ3) is 4.75. The molecule has 0 heterocycles. The molecule has 1 amide bonds. The topological polar surface area (TPSA) is 58.4 Å². The molecule has 0 aliphatic rings. The maximum Gasteiger partial charge on any atom is 0.238 e. The summed E-state index contributed by atoms with van der Waals surface area (Å²) in [6.45, 7) is 7.52. The predicted molar refractivity (Wildman–Crippen MR) is 76.6 cm³/mol. The Labute approximate surface area is 109 Å². The van der Waals surface area contributed by atoms with E-state index in [9.17, 15) is 4.79 Å².